The summed E-state index contributed by atoms with van der Waals surface area (Å²) in [6, 6.07) is 12.7. The average molecular weight is 350 g/mol. The number of benzene rings is 1. The van der Waals surface area contributed by atoms with Gasteiger partial charge in [-0.3, -0.25) is 4.90 Å². The molecule has 0 saturated heterocycles. The van der Waals surface area contributed by atoms with Crippen molar-refractivity contribution in [2.45, 2.75) is 13.1 Å². The summed E-state index contributed by atoms with van der Waals surface area (Å²) >= 11 is 7.74. The fraction of sp³-hybridized carbons (Fsp3) is 0.389. The van der Waals surface area contributed by atoms with Gasteiger partial charge in [0.05, 0.1) is 0 Å². The highest BCUT2D eigenvalue weighted by Crippen LogP contribution is 2.16. The lowest BCUT2D eigenvalue weighted by atomic mass is 10.1. The molecule has 23 heavy (non-hydrogen) atoms. The van der Waals surface area contributed by atoms with Gasteiger partial charge in [0.15, 0.2) is 0 Å². The van der Waals surface area contributed by atoms with Gasteiger partial charge >= 0.3 is 0 Å². The zero-order chi connectivity index (χ0) is 16.7. The SMILES string of the molecule is CSCCN(Cc1ccc(N(C)C)cc1)Cc1ccc(Cl)nc1. The summed E-state index contributed by atoms with van der Waals surface area (Å²) in [6.07, 6.45) is 4.01. The highest BCUT2D eigenvalue weighted by molar-refractivity contribution is 7.98. The van der Waals surface area contributed by atoms with Gasteiger partial charge in [-0.2, -0.15) is 11.8 Å². The van der Waals surface area contributed by atoms with Crippen molar-refractivity contribution in [3.63, 3.8) is 0 Å². The minimum Gasteiger partial charge on any atom is -0.378 e. The second-order valence-electron chi connectivity index (χ2n) is 5.75. The van der Waals surface area contributed by atoms with Crippen LogP contribution in [0.25, 0.3) is 0 Å². The normalized spacial score (nSPS) is 11.0. The maximum absolute atomic E-state index is 5.87. The molecule has 3 nitrogen and oxygen atoms in total. The molecule has 0 amide bonds. The Hall–Kier alpha value is -1.23. The Morgan fingerprint density at radius 2 is 1.65 bits per heavy atom. The van der Waals surface area contributed by atoms with Crippen LogP contribution in [-0.2, 0) is 13.1 Å². The molecule has 0 spiro atoms. The molecule has 0 aliphatic heterocycles. The third-order valence-corrected chi connectivity index (χ3v) is 4.48. The molecule has 5 heteroatoms. The molecule has 2 rings (SSSR count). The summed E-state index contributed by atoms with van der Waals surface area (Å²) in [5, 5.41) is 0.545. The Balaban J connectivity index is 2.03. The average Bonchev–Trinajstić information content (AvgIpc) is 2.55. The van der Waals surface area contributed by atoms with Gasteiger partial charge < -0.3 is 4.90 Å². The summed E-state index contributed by atoms with van der Waals surface area (Å²) in [4.78, 5) is 8.75. The number of hydrogen-bond acceptors (Lipinski definition) is 4. The maximum Gasteiger partial charge on any atom is 0.129 e. The summed E-state index contributed by atoms with van der Waals surface area (Å²) in [5.74, 6) is 1.12. The van der Waals surface area contributed by atoms with Crippen LogP contribution in [0.2, 0.25) is 5.15 Å². The first-order chi connectivity index (χ1) is 11.1. The zero-order valence-corrected chi connectivity index (χ0v) is 15.6. The van der Waals surface area contributed by atoms with Gasteiger partial charge in [0.2, 0.25) is 0 Å². The summed E-state index contributed by atoms with van der Waals surface area (Å²) in [7, 11) is 4.13. The van der Waals surface area contributed by atoms with E-state index in [-0.39, 0.29) is 0 Å². The minimum atomic E-state index is 0.545. The van der Waals surface area contributed by atoms with Gasteiger partial charge in [0.25, 0.3) is 0 Å². The minimum absolute atomic E-state index is 0.545. The van der Waals surface area contributed by atoms with Crippen LogP contribution in [0.15, 0.2) is 42.6 Å². The van der Waals surface area contributed by atoms with E-state index in [0.717, 1.165) is 25.4 Å². The van der Waals surface area contributed by atoms with E-state index >= 15 is 0 Å². The molecule has 124 valence electrons. The number of pyridine rings is 1. The molecule has 0 atom stereocenters. The van der Waals surface area contributed by atoms with Crippen molar-refractivity contribution < 1.29 is 0 Å². The van der Waals surface area contributed by atoms with E-state index in [2.05, 4.69) is 65.5 Å². The van der Waals surface area contributed by atoms with Crippen LogP contribution in [0.5, 0.6) is 0 Å². The van der Waals surface area contributed by atoms with Crippen molar-refractivity contribution in [2.75, 3.05) is 37.5 Å². The highest BCUT2D eigenvalue weighted by atomic mass is 35.5. The molecule has 2 aromatic rings. The van der Waals surface area contributed by atoms with Crippen LogP contribution in [0.1, 0.15) is 11.1 Å². The smallest absolute Gasteiger partial charge is 0.129 e. The topological polar surface area (TPSA) is 19.4 Å². The summed E-state index contributed by atoms with van der Waals surface area (Å²) in [6.45, 7) is 2.89. The van der Waals surface area contributed by atoms with E-state index in [1.165, 1.54) is 16.8 Å². The fourth-order valence-corrected chi connectivity index (χ4v) is 2.90. The standard InChI is InChI=1S/C18H24ClN3S/c1-21(2)17-7-4-15(5-8-17)13-22(10-11-23-3)14-16-6-9-18(19)20-12-16/h4-9,12H,10-11,13-14H2,1-3H3. The lowest BCUT2D eigenvalue weighted by molar-refractivity contribution is 0.273. The van der Waals surface area contributed by atoms with Crippen molar-refractivity contribution in [3.8, 4) is 0 Å². The summed E-state index contributed by atoms with van der Waals surface area (Å²) in [5.41, 5.74) is 3.75. The predicted molar refractivity (Wildman–Crippen MR) is 103 cm³/mol. The Morgan fingerprint density at radius 1 is 1.00 bits per heavy atom. The number of halogens is 1. The summed E-state index contributed by atoms with van der Waals surface area (Å²) < 4.78 is 0. The predicted octanol–water partition coefficient (Wildman–Crippen LogP) is 4.17. The molecule has 0 bridgehead atoms. The third kappa shape index (κ3) is 6.05. The lowest BCUT2D eigenvalue weighted by Crippen LogP contribution is -2.25. The molecule has 1 heterocycles. The number of hydrogen-bond donors (Lipinski definition) is 0. The van der Waals surface area contributed by atoms with Crippen molar-refractivity contribution in [3.05, 3.63) is 58.9 Å². The molecule has 0 radical (unpaired) electrons. The molecule has 0 N–H and O–H groups in total. The molecule has 0 fully saturated rings. The molecule has 1 aromatic heterocycles. The second-order valence-corrected chi connectivity index (χ2v) is 7.13. The van der Waals surface area contributed by atoms with Gasteiger partial charge in [0.1, 0.15) is 5.15 Å². The number of nitrogens with zero attached hydrogens (tertiary/aromatic N) is 3. The molecule has 1 aromatic carbocycles. The van der Waals surface area contributed by atoms with E-state index in [9.17, 15) is 0 Å². The Bertz CT molecular complexity index is 584. The van der Waals surface area contributed by atoms with E-state index in [4.69, 9.17) is 11.6 Å². The zero-order valence-electron chi connectivity index (χ0n) is 14.0. The van der Waals surface area contributed by atoms with E-state index in [1.807, 2.05) is 24.0 Å². The van der Waals surface area contributed by atoms with E-state index in [0.29, 0.717) is 5.15 Å². The molecular formula is C18H24ClN3S. The molecule has 0 saturated carbocycles. The van der Waals surface area contributed by atoms with Crippen LogP contribution in [-0.4, -0.2) is 42.5 Å². The van der Waals surface area contributed by atoms with Gasteiger partial charge in [0, 0.05) is 51.4 Å². The van der Waals surface area contributed by atoms with Gasteiger partial charge in [-0.25, -0.2) is 4.98 Å². The van der Waals surface area contributed by atoms with E-state index < -0.39 is 0 Å². The van der Waals surface area contributed by atoms with Crippen LogP contribution in [0.3, 0.4) is 0 Å². The molecule has 0 aliphatic carbocycles. The van der Waals surface area contributed by atoms with Crippen LogP contribution >= 0.6 is 23.4 Å². The first-order valence-electron chi connectivity index (χ1n) is 7.66. The molecule has 0 unspecified atom stereocenters. The van der Waals surface area contributed by atoms with Crippen molar-refractivity contribution in [2.24, 2.45) is 0 Å². The fourth-order valence-electron chi connectivity index (χ4n) is 2.35. The monoisotopic (exact) mass is 349 g/mol. The molecule has 0 aliphatic rings. The number of thioether (sulfide) groups is 1. The molecular weight excluding hydrogens is 326 g/mol. The third-order valence-electron chi connectivity index (χ3n) is 3.67. The number of aromatic nitrogens is 1. The lowest BCUT2D eigenvalue weighted by Gasteiger charge is -2.22. The van der Waals surface area contributed by atoms with Gasteiger partial charge in [-0.05, 0) is 35.6 Å². The van der Waals surface area contributed by atoms with Gasteiger partial charge in [-0.1, -0.05) is 29.8 Å². The van der Waals surface area contributed by atoms with Crippen molar-refractivity contribution in [1.82, 2.24) is 9.88 Å². The maximum atomic E-state index is 5.87. The first-order valence-corrected chi connectivity index (χ1v) is 9.43. The van der Waals surface area contributed by atoms with E-state index in [1.54, 1.807) is 0 Å². The van der Waals surface area contributed by atoms with Gasteiger partial charge in [-0.15, -0.1) is 0 Å². The van der Waals surface area contributed by atoms with Crippen molar-refractivity contribution >= 4 is 29.1 Å². The number of anilines is 1. The van der Waals surface area contributed by atoms with Crippen molar-refractivity contribution in [1.29, 1.82) is 0 Å². The van der Waals surface area contributed by atoms with Crippen LogP contribution < -0.4 is 4.90 Å². The number of rotatable bonds is 8. The van der Waals surface area contributed by atoms with Crippen LogP contribution in [0.4, 0.5) is 5.69 Å². The Morgan fingerprint density at radius 3 is 2.22 bits per heavy atom. The first kappa shape index (κ1) is 18.1. The second kappa shape index (κ2) is 9.16. The largest absolute Gasteiger partial charge is 0.378 e. The quantitative estimate of drug-likeness (QED) is 0.666. The Kier molecular flexibility index (Phi) is 7.21. The Labute approximate surface area is 148 Å². The highest BCUT2D eigenvalue weighted by Gasteiger charge is 2.08. The van der Waals surface area contributed by atoms with Crippen LogP contribution in [0, 0.1) is 0 Å².